The van der Waals surface area contributed by atoms with E-state index in [-0.39, 0.29) is 10.8 Å². The molecule has 1 aromatic heterocycles. The van der Waals surface area contributed by atoms with Crippen molar-refractivity contribution in [3.8, 4) is 0 Å². The highest BCUT2D eigenvalue weighted by molar-refractivity contribution is 8.00. The van der Waals surface area contributed by atoms with Gasteiger partial charge in [0.15, 0.2) is 5.16 Å². The lowest BCUT2D eigenvalue weighted by Gasteiger charge is -2.17. The topological polar surface area (TPSA) is 107 Å². The smallest absolute Gasteiger partial charge is 0.238 e. The largest absolute Gasteiger partial charge is 0.325 e. The third-order valence-corrected chi connectivity index (χ3v) is 7.34. The molecule has 2 atom stereocenters. The molecule has 166 valence electrons. The van der Waals surface area contributed by atoms with Crippen LogP contribution in [0.3, 0.4) is 0 Å². The van der Waals surface area contributed by atoms with Gasteiger partial charge in [0.05, 0.1) is 21.2 Å². The quantitative estimate of drug-likeness (QED) is 0.486. The summed E-state index contributed by atoms with van der Waals surface area (Å²) in [4.78, 5) is 17.5. The Morgan fingerprint density at radius 1 is 1.19 bits per heavy atom. The van der Waals surface area contributed by atoms with Gasteiger partial charge in [0.2, 0.25) is 15.9 Å². The lowest BCUT2D eigenvalue weighted by molar-refractivity contribution is -0.115. The highest BCUT2D eigenvalue weighted by Gasteiger charge is 2.21. The fourth-order valence-electron chi connectivity index (χ4n) is 3.37. The molecule has 0 radical (unpaired) electrons. The van der Waals surface area contributed by atoms with Crippen LogP contribution in [0.25, 0.3) is 11.0 Å². The molecule has 3 aromatic rings. The van der Waals surface area contributed by atoms with Crippen LogP contribution in [0.2, 0.25) is 0 Å². The summed E-state index contributed by atoms with van der Waals surface area (Å²) in [6.45, 7) is 8.71. The van der Waals surface area contributed by atoms with Gasteiger partial charge >= 0.3 is 0 Å². The summed E-state index contributed by atoms with van der Waals surface area (Å²) in [5.41, 5.74) is 3.28. The number of rotatable bonds is 8. The van der Waals surface area contributed by atoms with Crippen molar-refractivity contribution >= 4 is 44.4 Å². The molecule has 1 amide bonds. The van der Waals surface area contributed by atoms with E-state index in [1.54, 1.807) is 6.07 Å². The first-order valence-corrected chi connectivity index (χ1v) is 12.7. The fourth-order valence-corrected chi connectivity index (χ4v) is 4.89. The number of para-hydroxylation sites is 1. The number of amides is 1. The molecule has 3 N–H and O–H groups in total. The van der Waals surface area contributed by atoms with Crippen molar-refractivity contribution in [3.05, 3.63) is 48.0 Å². The molecule has 0 aliphatic carbocycles. The van der Waals surface area contributed by atoms with Gasteiger partial charge < -0.3 is 9.88 Å². The second-order valence-corrected chi connectivity index (χ2v) is 10.3. The Bertz CT molecular complexity index is 1200. The zero-order chi connectivity index (χ0) is 22.8. The Hall–Kier alpha value is -2.36. The maximum absolute atomic E-state index is 12.9. The Labute approximate surface area is 187 Å². The zero-order valence-corrected chi connectivity index (χ0v) is 19.8. The van der Waals surface area contributed by atoms with Gasteiger partial charge in [-0.05, 0) is 56.0 Å². The van der Waals surface area contributed by atoms with E-state index in [2.05, 4.69) is 24.1 Å². The van der Waals surface area contributed by atoms with Crippen LogP contribution < -0.4 is 10.5 Å². The van der Waals surface area contributed by atoms with Gasteiger partial charge in [0.25, 0.3) is 0 Å². The third-order valence-electron chi connectivity index (χ3n) is 5.34. The molecule has 0 unspecified atom stereocenters. The molecule has 7 nitrogen and oxygen atoms in total. The standard InChI is InChI=1S/C22H28N4O3S2/c1-5-14(3)17-9-7-8-10-18(17)24-21(27)15(4)30-22-25-19-13-16(31(23,28)29)11-12-20(19)26(22)6-2/h7-15H,5-6H2,1-4H3,(H,24,27)(H2,23,28,29)/t14-,15-/m1/s1. The maximum Gasteiger partial charge on any atom is 0.238 e. The number of hydrogen-bond donors (Lipinski definition) is 2. The van der Waals surface area contributed by atoms with E-state index >= 15 is 0 Å². The second-order valence-electron chi connectivity index (χ2n) is 7.48. The van der Waals surface area contributed by atoms with Crippen LogP contribution in [0.4, 0.5) is 5.69 Å². The number of imidazole rings is 1. The number of primary sulfonamides is 1. The lowest BCUT2D eigenvalue weighted by atomic mass is 9.97. The predicted molar refractivity (Wildman–Crippen MR) is 126 cm³/mol. The summed E-state index contributed by atoms with van der Waals surface area (Å²) in [5.74, 6) is 0.234. The minimum absolute atomic E-state index is 0.0183. The number of nitrogens with one attached hydrogen (secondary N) is 1. The third kappa shape index (κ3) is 5.11. The summed E-state index contributed by atoms with van der Waals surface area (Å²) >= 11 is 1.34. The number of carbonyl (C=O) groups excluding carboxylic acids is 1. The van der Waals surface area contributed by atoms with Gasteiger partial charge in [-0.25, -0.2) is 18.5 Å². The van der Waals surface area contributed by atoms with Crippen molar-refractivity contribution in [2.45, 2.75) is 61.9 Å². The van der Waals surface area contributed by atoms with Crippen molar-refractivity contribution in [2.75, 3.05) is 5.32 Å². The van der Waals surface area contributed by atoms with E-state index in [9.17, 15) is 13.2 Å². The van der Waals surface area contributed by atoms with Crippen LogP contribution in [0.1, 0.15) is 45.6 Å². The zero-order valence-electron chi connectivity index (χ0n) is 18.1. The number of nitrogens with zero attached hydrogens (tertiary/aromatic N) is 2. The van der Waals surface area contributed by atoms with E-state index in [0.29, 0.717) is 23.1 Å². The highest BCUT2D eigenvalue weighted by Crippen LogP contribution is 2.30. The molecule has 0 aliphatic heterocycles. The summed E-state index contributed by atoms with van der Waals surface area (Å²) in [7, 11) is -3.81. The van der Waals surface area contributed by atoms with Crippen LogP contribution in [0.5, 0.6) is 0 Å². The van der Waals surface area contributed by atoms with Crippen LogP contribution in [0, 0.1) is 0 Å². The van der Waals surface area contributed by atoms with Gasteiger partial charge in [0.1, 0.15) is 0 Å². The minimum atomic E-state index is -3.81. The first-order valence-electron chi connectivity index (χ1n) is 10.2. The molecule has 3 rings (SSSR count). The van der Waals surface area contributed by atoms with Crippen molar-refractivity contribution in [1.82, 2.24) is 9.55 Å². The number of fused-ring (bicyclic) bond motifs is 1. The number of carbonyl (C=O) groups is 1. The Morgan fingerprint density at radius 2 is 1.90 bits per heavy atom. The first kappa shape index (κ1) is 23.3. The summed E-state index contributed by atoms with van der Waals surface area (Å²) in [6.07, 6.45) is 0.984. The average molecular weight is 461 g/mol. The van der Waals surface area contributed by atoms with Crippen LogP contribution in [0.15, 0.2) is 52.5 Å². The van der Waals surface area contributed by atoms with Gasteiger partial charge in [-0.15, -0.1) is 0 Å². The summed E-state index contributed by atoms with van der Waals surface area (Å²) in [6, 6.07) is 12.5. The van der Waals surface area contributed by atoms with Crippen molar-refractivity contribution < 1.29 is 13.2 Å². The number of thioether (sulfide) groups is 1. The molecule has 0 fully saturated rings. The Morgan fingerprint density at radius 3 is 2.55 bits per heavy atom. The first-order chi connectivity index (χ1) is 14.7. The highest BCUT2D eigenvalue weighted by atomic mass is 32.2. The number of nitrogens with two attached hydrogens (primary N) is 1. The number of anilines is 1. The monoisotopic (exact) mass is 460 g/mol. The molecule has 0 saturated carbocycles. The number of aryl methyl sites for hydroxylation is 1. The normalized spacial score (nSPS) is 13.8. The van der Waals surface area contributed by atoms with E-state index in [1.807, 2.05) is 42.7 Å². The van der Waals surface area contributed by atoms with Crippen molar-refractivity contribution in [2.24, 2.45) is 5.14 Å². The lowest BCUT2D eigenvalue weighted by Crippen LogP contribution is -2.23. The number of hydrogen-bond acceptors (Lipinski definition) is 5. The summed E-state index contributed by atoms with van der Waals surface area (Å²) in [5, 5.41) is 8.55. The maximum atomic E-state index is 12.9. The van der Waals surface area contributed by atoms with Gasteiger partial charge in [-0.1, -0.05) is 43.8 Å². The molecular formula is C22H28N4O3S2. The molecule has 0 bridgehead atoms. The second kappa shape index (κ2) is 9.42. The number of aromatic nitrogens is 2. The molecule has 0 spiro atoms. The predicted octanol–water partition coefficient (Wildman–Crippen LogP) is 4.34. The molecule has 0 aliphatic rings. The fraction of sp³-hybridized carbons (Fsp3) is 0.364. The number of sulfonamides is 1. The molecular weight excluding hydrogens is 432 g/mol. The van der Waals surface area contributed by atoms with E-state index < -0.39 is 15.3 Å². The van der Waals surface area contributed by atoms with Crippen LogP contribution in [-0.4, -0.2) is 29.1 Å². The average Bonchev–Trinajstić information content (AvgIpc) is 3.08. The van der Waals surface area contributed by atoms with Crippen LogP contribution >= 0.6 is 11.8 Å². The Kier molecular flexibility index (Phi) is 7.08. The van der Waals surface area contributed by atoms with Gasteiger partial charge in [0, 0.05) is 12.2 Å². The van der Waals surface area contributed by atoms with Crippen molar-refractivity contribution in [1.29, 1.82) is 0 Å². The SMILES string of the molecule is CC[C@@H](C)c1ccccc1NC(=O)[C@@H](C)Sc1nc2cc(S(N)(=O)=O)ccc2n1CC. The number of benzene rings is 2. The van der Waals surface area contributed by atoms with Gasteiger partial charge in [-0.2, -0.15) is 0 Å². The molecule has 1 heterocycles. The van der Waals surface area contributed by atoms with E-state index in [0.717, 1.165) is 23.2 Å². The minimum Gasteiger partial charge on any atom is -0.325 e. The molecule has 9 heteroatoms. The van der Waals surface area contributed by atoms with Gasteiger partial charge in [-0.3, -0.25) is 4.79 Å². The summed E-state index contributed by atoms with van der Waals surface area (Å²) < 4.78 is 25.3. The Balaban J connectivity index is 1.84. The molecule has 0 saturated heterocycles. The van der Waals surface area contributed by atoms with Crippen molar-refractivity contribution in [3.63, 3.8) is 0 Å². The molecule has 2 aromatic carbocycles. The van der Waals surface area contributed by atoms with Crippen LogP contribution in [-0.2, 0) is 21.4 Å². The van der Waals surface area contributed by atoms with E-state index in [4.69, 9.17) is 5.14 Å². The molecule has 31 heavy (non-hydrogen) atoms. The van der Waals surface area contributed by atoms with E-state index in [1.165, 1.54) is 23.9 Å².